The van der Waals surface area contributed by atoms with Crippen molar-refractivity contribution in [1.82, 2.24) is 5.32 Å². The molecule has 1 saturated heterocycles. The average Bonchev–Trinajstić information content (AvgIpc) is 2.55. The van der Waals surface area contributed by atoms with Gasteiger partial charge in [0.2, 0.25) is 0 Å². The second kappa shape index (κ2) is 8.25. The van der Waals surface area contributed by atoms with Gasteiger partial charge in [0, 0.05) is 25.3 Å². The molecule has 1 aromatic rings. The van der Waals surface area contributed by atoms with Crippen LogP contribution in [0.2, 0.25) is 0 Å². The lowest BCUT2D eigenvalue weighted by Gasteiger charge is -2.32. The third-order valence-electron chi connectivity index (χ3n) is 4.08. The smallest absolute Gasteiger partial charge is 0.122 e. The minimum absolute atomic E-state index is 0.331. The molecule has 1 unspecified atom stereocenters. The average molecular weight is 293 g/mol. The molecular weight excluding hydrogens is 266 g/mol. The van der Waals surface area contributed by atoms with Crippen LogP contribution in [0.1, 0.15) is 37.8 Å². The van der Waals surface area contributed by atoms with Gasteiger partial charge in [0.05, 0.1) is 14.2 Å². The molecule has 1 atom stereocenters. The summed E-state index contributed by atoms with van der Waals surface area (Å²) in [6.45, 7) is 4.92. The zero-order valence-corrected chi connectivity index (χ0v) is 13.4. The maximum Gasteiger partial charge on any atom is 0.122 e. The molecule has 0 aromatic heterocycles. The molecule has 0 bridgehead atoms. The first kappa shape index (κ1) is 16.1. The predicted octanol–water partition coefficient (Wildman–Crippen LogP) is 3.17. The Hall–Kier alpha value is -1.26. The number of nitrogens with one attached hydrogen (secondary N) is 1. The highest BCUT2D eigenvalue weighted by atomic mass is 16.5. The standard InChI is InChI=1S/C17H27NO3/c1-4-7-18-17(13-5-8-21-9-6-13)14-10-15(19-2)12-16(11-14)20-3/h10-13,17-18H,4-9H2,1-3H3. The van der Waals surface area contributed by atoms with Crippen LogP contribution >= 0.6 is 0 Å². The van der Waals surface area contributed by atoms with Crippen molar-refractivity contribution in [1.29, 1.82) is 0 Å². The van der Waals surface area contributed by atoms with E-state index in [0.717, 1.165) is 50.5 Å². The fourth-order valence-electron chi connectivity index (χ4n) is 2.91. The summed E-state index contributed by atoms with van der Waals surface area (Å²) in [5, 5.41) is 3.69. The van der Waals surface area contributed by atoms with Crippen LogP contribution in [-0.4, -0.2) is 34.0 Å². The van der Waals surface area contributed by atoms with E-state index in [1.807, 2.05) is 6.07 Å². The van der Waals surface area contributed by atoms with Gasteiger partial charge in [-0.25, -0.2) is 0 Å². The maximum absolute atomic E-state index is 5.50. The lowest BCUT2D eigenvalue weighted by molar-refractivity contribution is 0.0536. The molecule has 118 valence electrons. The Kier molecular flexibility index (Phi) is 6.33. The highest BCUT2D eigenvalue weighted by Gasteiger charge is 2.25. The molecule has 0 aliphatic carbocycles. The van der Waals surface area contributed by atoms with Gasteiger partial charge in [-0.3, -0.25) is 0 Å². The highest BCUT2D eigenvalue weighted by Crippen LogP contribution is 2.34. The lowest BCUT2D eigenvalue weighted by Crippen LogP contribution is -2.32. The molecule has 4 heteroatoms. The topological polar surface area (TPSA) is 39.7 Å². The Balaban J connectivity index is 2.25. The Morgan fingerprint density at radius 2 is 1.76 bits per heavy atom. The summed E-state index contributed by atoms with van der Waals surface area (Å²) in [4.78, 5) is 0. The lowest BCUT2D eigenvalue weighted by atomic mass is 9.86. The Morgan fingerprint density at radius 1 is 1.14 bits per heavy atom. The fourth-order valence-corrected chi connectivity index (χ4v) is 2.91. The van der Waals surface area contributed by atoms with Crippen LogP contribution in [-0.2, 0) is 4.74 Å². The van der Waals surface area contributed by atoms with Crippen LogP contribution in [0.5, 0.6) is 11.5 Å². The molecule has 0 spiro atoms. The Morgan fingerprint density at radius 3 is 2.29 bits per heavy atom. The van der Waals surface area contributed by atoms with Gasteiger partial charge in [0.1, 0.15) is 11.5 Å². The molecule has 0 amide bonds. The van der Waals surface area contributed by atoms with Crippen molar-refractivity contribution in [2.45, 2.75) is 32.2 Å². The Bertz CT molecular complexity index is 408. The van der Waals surface area contributed by atoms with Crippen LogP contribution in [0.15, 0.2) is 18.2 Å². The molecule has 1 fully saturated rings. The van der Waals surface area contributed by atoms with E-state index in [1.165, 1.54) is 5.56 Å². The fraction of sp³-hybridized carbons (Fsp3) is 0.647. The van der Waals surface area contributed by atoms with Crippen molar-refractivity contribution in [2.24, 2.45) is 5.92 Å². The molecule has 1 N–H and O–H groups in total. The first-order valence-electron chi connectivity index (χ1n) is 7.82. The van der Waals surface area contributed by atoms with Crippen LogP contribution in [0.3, 0.4) is 0 Å². The van der Waals surface area contributed by atoms with E-state index in [4.69, 9.17) is 14.2 Å². The number of hydrogen-bond donors (Lipinski definition) is 1. The molecule has 0 radical (unpaired) electrons. The summed E-state index contributed by atoms with van der Waals surface area (Å²) in [6, 6.07) is 6.49. The molecule has 2 rings (SSSR count). The van der Waals surface area contributed by atoms with Crippen LogP contribution < -0.4 is 14.8 Å². The predicted molar refractivity (Wildman–Crippen MR) is 84.1 cm³/mol. The van der Waals surface area contributed by atoms with Gasteiger partial charge in [0.25, 0.3) is 0 Å². The molecule has 4 nitrogen and oxygen atoms in total. The van der Waals surface area contributed by atoms with Crippen molar-refractivity contribution in [3.8, 4) is 11.5 Å². The zero-order valence-electron chi connectivity index (χ0n) is 13.4. The van der Waals surface area contributed by atoms with E-state index in [0.29, 0.717) is 12.0 Å². The first-order valence-corrected chi connectivity index (χ1v) is 7.82. The summed E-state index contributed by atoms with van der Waals surface area (Å²) in [5.41, 5.74) is 1.24. The Labute approximate surface area is 127 Å². The molecule has 1 aliphatic heterocycles. The SMILES string of the molecule is CCCNC(c1cc(OC)cc(OC)c1)C1CCOCC1. The second-order valence-electron chi connectivity index (χ2n) is 5.53. The number of ether oxygens (including phenoxy) is 3. The van der Waals surface area contributed by atoms with Gasteiger partial charge in [-0.05, 0) is 49.4 Å². The minimum atomic E-state index is 0.331. The van der Waals surface area contributed by atoms with E-state index in [2.05, 4.69) is 24.4 Å². The molecular formula is C17H27NO3. The van der Waals surface area contributed by atoms with Gasteiger partial charge >= 0.3 is 0 Å². The van der Waals surface area contributed by atoms with Gasteiger partial charge < -0.3 is 19.5 Å². The largest absolute Gasteiger partial charge is 0.497 e. The van der Waals surface area contributed by atoms with Crippen LogP contribution in [0.25, 0.3) is 0 Å². The highest BCUT2D eigenvalue weighted by molar-refractivity contribution is 5.40. The van der Waals surface area contributed by atoms with Crippen molar-refractivity contribution in [2.75, 3.05) is 34.0 Å². The van der Waals surface area contributed by atoms with E-state index in [1.54, 1.807) is 14.2 Å². The van der Waals surface area contributed by atoms with Crippen molar-refractivity contribution >= 4 is 0 Å². The summed E-state index contributed by atoms with van der Waals surface area (Å²) in [7, 11) is 3.39. The van der Waals surface area contributed by atoms with E-state index < -0.39 is 0 Å². The van der Waals surface area contributed by atoms with Gasteiger partial charge in [-0.2, -0.15) is 0 Å². The molecule has 21 heavy (non-hydrogen) atoms. The summed E-state index contributed by atoms with van der Waals surface area (Å²) in [6.07, 6.45) is 3.32. The third kappa shape index (κ3) is 4.35. The second-order valence-corrected chi connectivity index (χ2v) is 5.53. The summed E-state index contributed by atoms with van der Waals surface area (Å²) in [5.74, 6) is 2.29. The number of rotatable bonds is 7. The van der Waals surface area contributed by atoms with Crippen LogP contribution in [0, 0.1) is 5.92 Å². The van der Waals surface area contributed by atoms with Gasteiger partial charge in [-0.1, -0.05) is 6.92 Å². The molecule has 0 saturated carbocycles. The number of hydrogen-bond acceptors (Lipinski definition) is 4. The molecule has 1 heterocycles. The summed E-state index contributed by atoms with van der Waals surface area (Å²) < 4.78 is 16.3. The number of methoxy groups -OCH3 is 2. The van der Waals surface area contributed by atoms with E-state index >= 15 is 0 Å². The number of benzene rings is 1. The van der Waals surface area contributed by atoms with Crippen molar-refractivity contribution in [3.05, 3.63) is 23.8 Å². The first-order chi connectivity index (χ1) is 10.3. The van der Waals surface area contributed by atoms with Crippen molar-refractivity contribution < 1.29 is 14.2 Å². The minimum Gasteiger partial charge on any atom is -0.497 e. The third-order valence-corrected chi connectivity index (χ3v) is 4.08. The quantitative estimate of drug-likeness (QED) is 0.838. The monoisotopic (exact) mass is 293 g/mol. The molecule has 1 aliphatic rings. The zero-order chi connectivity index (χ0) is 15.1. The van der Waals surface area contributed by atoms with E-state index in [9.17, 15) is 0 Å². The molecule has 1 aromatic carbocycles. The van der Waals surface area contributed by atoms with E-state index in [-0.39, 0.29) is 0 Å². The van der Waals surface area contributed by atoms with Crippen LogP contribution in [0.4, 0.5) is 0 Å². The van der Waals surface area contributed by atoms with Crippen molar-refractivity contribution in [3.63, 3.8) is 0 Å². The van der Waals surface area contributed by atoms with Gasteiger partial charge in [0.15, 0.2) is 0 Å². The normalized spacial score (nSPS) is 17.5. The van der Waals surface area contributed by atoms with Gasteiger partial charge in [-0.15, -0.1) is 0 Å². The summed E-state index contributed by atoms with van der Waals surface area (Å²) >= 11 is 0. The maximum atomic E-state index is 5.50.